The Hall–Kier alpha value is -2.89. The minimum Gasteiger partial charge on any atom is -0.352 e. The third-order valence-electron chi connectivity index (χ3n) is 4.94. The van der Waals surface area contributed by atoms with Gasteiger partial charge in [-0.1, -0.05) is 35.3 Å². The van der Waals surface area contributed by atoms with Gasteiger partial charge in [0.25, 0.3) is 5.69 Å². The second kappa shape index (κ2) is 11.7. The third kappa shape index (κ3) is 7.81. The van der Waals surface area contributed by atoms with Crippen LogP contribution in [0, 0.1) is 10.1 Å². The molecular weight excluding hydrogens is 519 g/mol. The second-order valence-corrected chi connectivity index (χ2v) is 10.9. The number of nitro benzene ring substituents is 1. The van der Waals surface area contributed by atoms with Gasteiger partial charge in [0.1, 0.15) is 12.6 Å². The number of rotatable bonds is 10. The molecule has 13 heteroatoms. The summed E-state index contributed by atoms with van der Waals surface area (Å²) < 4.78 is 25.8. The van der Waals surface area contributed by atoms with Crippen LogP contribution in [0.2, 0.25) is 10.0 Å². The quantitative estimate of drug-likeness (QED) is 0.359. The average Bonchev–Trinajstić information content (AvgIpc) is 2.76. The number of carbonyl (C=O) groups excluding carboxylic acids is 2. The second-order valence-electron chi connectivity index (χ2n) is 8.16. The Morgan fingerprint density at radius 1 is 1.09 bits per heavy atom. The van der Waals surface area contributed by atoms with Gasteiger partial charge in [0.05, 0.1) is 26.9 Å². The molecule has 2 amide bonds. The van der Waals surface area contributed by atoms with Gasteiger partial charge in [-0.3, -0.25) is 24.0 Å². The summed E-state index contributed by atoms with van der Waals surface area (Å²) in [5.74, 6) is -1.13. The Kier molecular flexibility index (Phi) is 9.47. The summed E-state index contributed by atoms with van der Waals surface area (Å²) in [6.07, 6.45) is 0.886. The van der Waals surface area contributed by atoms with Gasteiger partial charge in [-0.25, -0.2) is 8.42 Å². The highest BCUT2D eigenvalue weighted by Crippen LogP contribution is 2.25. The number of halogens is 2. The lowest BCUT2D eigenvalue weighted by molar-refractivity contribution is -0.384. The van der Waals surface area contributed by atoms with E-state index >= 15 is 0 Å². The van der Waals surface area contributed by atoms with Crippen molar-refractivity contribution >= 4 is 56.4 Å². The topological polar surface area (TPSA) is 130 Å². The van der Waals surface area contributed by atoms with E-state index in [0.717, 1.165) is 16.6 Å². The maximum atomic E-state index is 13.4. The summed E-state index contributed by atoms with van der Waals surface area (Å²) >= 11 is 12.1. The molecule has 2 aromatic rings. The van der Waals surface area contributed by atoms with Gasteiger partial charge in [-0.15, -0.1) is 0 Å². The van der Waals surface area contributed by atoms with E-state index in [4.69, 9.17) is 23.2 Å². The molecule has 0 bridgehead atoms. The van der Waals surface area contributed by atoms with E-state index in [0.29, 0.717) is 10.6 Å². The van der Waals surface area contributed by atoms with Crippen molar-refractivity contribution < 1.29 is 22.9 Å². The lowest BCUT2D eigenvalue weighted by Gasteiger charge is -2.32. The van der Waals surface area contributed by atoms with Crippen LogP contribution in [0.1, 0.15) is 26.3 Å². The zero-order valence-electron chi connectivity index (χ0n) is 19.6. The summed E-state index contributed by atoms with van der Waals surface area (Å²) in [6.45, 7) is 4.31. The molecule has 0 saturated carbocycles. The number of benzene rings is 2. The molecule has 0 saturated heterocycles. The smallest absolute Gasteiger partial charge is 0.271 e. The molecule has 0 aromatic heterocycles. The number of nitro groups is 1. The van der Waals surface area contributed by atoms with Crippen molar-refractivity contribution in [2.45, 2.75) is 39.4 Å². The Morgan fingerprint density at radius 3 is 2.29 bits per heavy atom. The molecule has 0 fully saturated rings. The van der Waals surface area contributed by atoms with Gasteiger partial charge in [-0.05, 0) is 44.5 Å². The largest absolute Gasteiger partial charge is 0.352 e. The zero-order valence-corrected chi connectivity index (χ0v) is 21.9. The van der Waals surface area contributed by atoms with E-state index in [1.54, 1.807) is 32.0 Å². The third-order valence-corrected chi connectivity index (χ3v) is 6.82. The Balaban J connectivity index is 2.45. The van der Waals surface area contributed by atoms with E-state index in [1.165, 1.54) is 30.0 Å². The normalized spacial score (nSPS) is 12.2. The number of amides is 2. The van der Waals surface area contributed by atoms with Crippen molar-refractivity contribution in [2.75, 3.05) is 17.1 Å². The lowest BCUT2D eigenvalue weighted by Crippen LogP contribution is -2.52. The van der Waals surface area contributed by atoms with E-state index in [-0.39, 0.29) is 29.0 Å². The molecule has 2 aromatic carbocycles. The Morgan fingerprint density at radius 2 is 1.74 bits per heavy atom. The fourth-order valence-corrected chi connectivity index (χ4v) is 4.36. The summed E-state index contributed by atoms with van der Waals surface area (Å²) in [5, 5.41) is 14.5. The number of nitrogens with zero attached hydrogens (tertiary/aromatic N) is 3. The summed E-state index contributed by atoms with van der Waals surface area (Å²) in [4.78, 5) is 37.9. The highest BCUT2D eigenvalue weighted by molar-refractivity contribution is 7.92. The molecule has 0 spiro atoms. The number of hydrogen-bond acceptors (Lipinski definition) is 6. The first-order valence-corrected chi connectivity index (χ1v) is 13.1. The SMILES string of the molecule is CC(C)NC(=O)C(C)N(Cc1ccc(Cl)c(Cl)c1)C(=O)CN(c1cccc([N+](=O)[O-])c1)S(C)(=O)=O. The molecule has 1 unspecified atom stereocenters. The molecule has 10 nitrogen and oxygen atoms in total. The van der Waals surface area contributed by atoms with E-state index in [9.17, 15) is 28.1 Å². The predicted molar refractivity (Wildman–Crippen MR) is 135 cm³/mol. The minimum atomic E-state index is -4.02. The van der Waals surface area contributed by atoms with Crippen molar-refractivity contribution in [2.24, 2.45) is 0 Å². The maximum absolute atomic E-state index is 13.4. The Bertz CT molecular complexity index is 1220. The van der Waals surface area contributed by atoms with E-state index in [1.807, 2.05) is 0 Å². The van der Waals surface area contributed by atoms with Crippen molar-refractivity contribution in [3.63, 3.8) is 0 Å². The van der Waals surface area contributed by atoms with Crippen molar-refractivity contribution in [1.82, 2.24) is 10.2 Å². The molecule has 0 heterocycles. The van der Waals surface area contributed by atoms with Crippen LogP contribution in [0.4, 0.5) is 11.4 Å². The van der Waals surface area contributed by atoms with Crippen LogP contribution in [0.5, 0.6) is 0 Å². The lowest BCUT2D eigenvalue weighted by atomic mass is 10.1. The minimum absolute atomic E-state index is 0.0520. The number of carbonyl (C=O) groups is 2. The maximum Gasteiger partial charge on any atom is 0.271 e. The van der Waals surface area contributed by atoms with Crippen LogP contribution in [0.15, 0.2) is 42.5 Å². The van der Waals surface area contributed by atoms with Crippen LogP contribution in [0.3, 0.4) is 0 Å². The number of anilines is 1. The van der Waals surface area contributed by atoms with Gasteiger partial charge >= 0.3 is 0 Å². The van der Waals surface area contributed by atoms with Crippen LogP contribution in [0.25, 0.3) is 0 Å². The molecule has 2 rings (SSSR count). The van der Waals surface area contributed by atoms with Gasteiger partial charge in [-0.2, -0.15) is 0 Å². The number of hydrogen-bond donors (Lipinski definition) is 1. The van der Waals surface area contributed by atoms with Crippen LogP contribution < -0.4 is 9.62 Å². The number of nitrogens with one attached hydrogen (secondary N) is 1. The fraction of sp³-hybridized carbons (Fsp3) is 0.364. The average molecular weight is 545 g/mol. The summed E-state index contributed by atoms with van der Waals surface area (Å²) in [6, 6.07) is 8.51. The molecule has 0 radical (unpaired) electrons. The molecule has 1 N–H and O–H groups in total. The van der Waals surface area contributed by atoms with Gasteiger partial charge in [0.2, 0.25) is 21.8 Å². The molecule has 0 aliphatic heterocycles. The standard InChI is InChI=1S/C22H26Cl2N4O6S/c1-14(2)25-22(30)15(3)26(12-16-8-9-19(23)20(24)10-16)21(29)13-27(35(4,33)34)17-6-5-7-18(11-17)28(31)32/h5-11,14-15H,12-13H2,1-4H3,(H,25,30). The monoisotopic (exact) mass is 544 g/mol. The van der Waals surface area contributed by atoms with E-state index in [2.05, 4.69) is 5.32 Å². The highest BCUT2D eigenvalue weighted by atomic mass is 35.5. The molecule has 1 atom stereocenters. The fourth-order valence-electron chi connectivity index (χ4n) is 3.20. The molecule has 0 aliphatic rings. The van der Waals surface area contributed by atoms with Crippen LogP contribution >= 0.6 is 23.2 Å². The summed E-state index contributed by atoms with van der Waals surface area (Å²) in [7, 11) is -4.02. The molecule has 35 heavy (non-hydrogen) atoms. The molecule has 190 valence electrons. The Labute approximate surface area is 214 Å². The predicted octanol–water partition coefficient (Wildman–Crippen LogP) is 3.61. The highest BCUT2D eigenvalue weighted by Gasteiger charge is 2.30. The van der Waals surface area contributed by atoms with Gasteiger partial charge in [0, 0.05) is 24.7 Å². The first kappa shape index (κ1) is 28.3. The van der Waals surface area contributed by atoms with Gasteiger partial charge < -0.3 is 10.2 Å². The van der Waals surface area contributed by atoms with Gasteiger partial charge in [0.15, 0.2) is 0 Å². The van der Waals surface area contributed by atoms with Crippen LogP contribution in [-0.4, -0.2) is 54.9 Å². The first-order chi connectivity index (χ1) is 16.2. The van der Waals surface area contributed by atoms with Crippen LogP contribution in [-0.2, 0) is 26.2 Å². The van der Waals surface area contributed by atoms with Crippen molar-refractivity contribution in [1.29, 1.82) is 0 Å². The number of sulfonamides is 1. The summed E-state index contributed by atoms with van der Waals surface area (Å²) in [5.41, 5.74) is 0.183. The van der Waals surface area contributed by atoms with Crippen molar-refractivity contribution in [3.05, 3.63) is 68.2 Å². The number of non-ortho nitro benzene ring substituents is 1. The molecular formula is C22H26Cl2N4O6S. The zero-order chi connectivity index (χ0) is 26.5. The molecule has 0 aliphatic carbocycles. The first-order valence-electron chi connectivity index (χ1n) is 10.5. The van der Waals surface area contributed by atoms with E-state index < -0.39 is 39.3 Å². The van der Waals surface area contributed by atoms with Crippen molar-refractivity contribution in [3.8, 4) is 0 Å².